The first kappa shape index (κ1) is 20.4. The summed E-state index contributed by atoms with van der Waals surface area (Å²) in [6.45, 7) is 5.59. The second-order valence-corrected chi connectivity index (χ2v) is 7.56. The van der Waals surface area contributed by atoms with Crippen molar-refractivity contribution >= 4 is 17.7 Å². The summed E-state index contributed by atoms with van der Waals surface area (Å²) < 4.78 is 15.9. The molecule has 0 spiro atoms. The van der Waals surface area contributed by atoms with E-state index in [1.54, 1.807) is 29.4 Å². The number of rotatable bonds is 9. The van der Waals surface area contributed by atoms with Gasteiger partial charge in [-0.1, -0.05) is 30.0 Å². The van der Waals surface area contributed by atoms with Crippen LogP contribution in [0.15, 0.2) is 35.7 Å². The largest absolute Gasteiger partial charge is 0.336 e. The van der Waals surface area contributed by atoms with Crippen molar-refractivity contribution in [2.45, 2.75) is 31.6 Å². The quantitative estimate of drug-likeness (QED) is 0.627. The van der Waals surface area contributed by atoms with E-state index in [9.17, 15) is 9.18 Å². The van der Waals surface area contributed by atoms with Crippen LogP contribution >= 0.6 is 11.8 Å². The van der Waals surface area contributed by atoms with Crippen LogP contribution in [0.1, 0.15) is 25.5 Å². The Hall–Kier alpha value is -1.93. The molecule has 1 aromatic heterocycles. The summed E-state index contributed by atoms with van der Waals surface area (Å²) in [7, 11) is 3.90. The molecule has 0 fully saturated rings. The van der Waals surface area contributed by atoms with Crippen molar-refractivity contribution in [3.8, 4) is 0 Å². The number of likely N-dealkylation sites (N-methyl/N-ethyl adjacent to an activating group) is 1. The summed E-state index contributed by atoms with van der Waals surface area (Å²) in [5.74, 6) is -0.0893. The fourth-order valence-electron chi connectivity index (χ4n) is 2.35. The van der Waals surface area contributed by atoms with Gasteiger partial charge in [0.15, 0.2) is 5.16 Å². The molecule has 2 rings (SSSR count). The topological polar surface area (TPSA) is 54.3 Å². The lowest BCUT2D eigenvalue weighted by Crippen LogP contribution is -2.37. The summed E-state index contributed by atoms with van der Waals surface area (Å²) >= 11 is 1.36. The van der Waals surface area contributed by atoms with Crippen molar-refractivity contribution in [2.24, 2.45) is 0 Å². The first-order valence-electron chi connectivity index (χ1n) is 8.56. The third-order valence-corrected chi connectivity index (χ3v) is 4.85. The molecule has 6 nitrogen and oxygen atoms in total. The highest BCUT2D eigenvalue weighted by Gasteiger charge is 2.18. The molecular weight excluding hydrogens is 353 g/mol. The van der Waals surface area contributed by atoms with Crippen LogP contribution in [0.4, 0.5) is 4.39 Å². The SMILES string of the molecule is CC(C)n1cnnc1SCC(=O)N(CCN(C)C)Cc1ccccc1F. The molecule has 142 valence electrons. The van der Waals surface area contributed by atoms with E-state index in [1.165, 1.54) is 17.8 Å². The fraction of sp³-hybridized carbons (Fsp3) is 0.500. The number of hydrogen-bond acceptors (Lipinski definition) is 5. The number of amides is 1. The predicted octanol–water partition coefficient (Wildman–Crippen LogP) is 2.68. The zero-order chi connectivity index (χ0) is 19.1. The van der Waals surface area contributed by atoms with E-state index in [0.717, 1.165) is 0 Å². The first-order valence-corrected chi connectivity index (χ1v) is 9.55. The molecule has 0 saturated carbocycles. The van der Waals surface area contributed by atoms with Crippen LogP contribution in [-0.4, -0.2) is 63.4 Å². The van der Waals surface area contributed by atoms with Crippen LogP contribution in [0.25, 0.3) is 0 Å². The van der Waals surface area contributed by atoms with Crippen LogP contribution in [-0.2, 0) is 11.3 Å². The van der Waals surface area contributed by atoms with Gasteiger partial charge in [-0.25, -0.2) is 4.39 Å². The lowest BCUT2D eigenvalue weighted by atomic mass is 10.2. The van der Waals surface area contributed by atoms with Crippen LogP contribution in [0, 0.1) is 5.82 Å². The van der Waals surface area contributed by atoms with Crippen molar-refractivity contribution in [3.05, 3.63) is 42.0 Å². The standard InChI is InChI=1S/C18H26FN5OS/c1-14(2)24-13-20-21-18(24)26-12-17(25)23(10-9-22(3)4)11-15-7-5-6-8-16(15)19/h5-8,13-14H,9-12H2,1-4H3. The lowest BCUT2D eigenvalue weighted by molar-refractivity contribution is -0.129. The number of nitrogens with zero attached hydrogens (tertiary/aromatic N) is 5. The van der Waals surface area contributed by atoms with Crippen LogP contribution in [0.2, 0.25) is 0 Å². The van der Waals surface area contributed by atoms with Gasteiger partial charge in [-0.3, -0.25) is 4.79 Å². The van der Waals surface area contributed by atoms with Gasteiger partial charge in [0.2, 0.25) is 5.91 Å². The maximum atomic E-state index is 14.0. The number of hydrogen-bond donors (Lipinski definition) is 0. The van der Waals surface area contributed by atoms with Crippen molar-refractivity contribution in [3.63, 3.8) is 0 Å². The molecule has 26 heavy (non-hydrogen) atoms. The minimum absolute atomic E-state index is 0.0431. The average Bonchev–Trinajstić information content (AvgIpc) is 3.06. The highest BCUT2D eigenvalue weighted by atomic mass is 32.2. The minimum Gasteiger partial charge on any atom is -0.336 e. The molecule has 1 amide bonds. The first-order chi connectivity index (χ1) is 12.4. The predicted molar refractivity (Wildman–Crippen MR) is 102 cm³/mol. The molecule has 2 aromatic rings. The highest BCUT2D eigenvalue weighted by Crippen LogP contribution is 2.20. The summed E-state index contributed by atoms with van der Waals surface area (Å²) in [6, 6.07) is 6.80. The van der Waals surface area contributed by atoms with E-state index in [1.807, 2.05) is 37.4 Å². The molecule has 0 radical (unpaired) electrons. The summed E-state index contributed by atoms with van der Waals surface area (Å²) in [4.78, 5) is 16.5. The Morgan fingerprint density at radius 3 is 2.65 bits per heavy atom. The number of carbonyl (C=O) groups is 1. The monoisotopic (exact) mass is 379 g/mol. The van der Waals surface area contributed by atoms with Gasteiger partial charge in [-0.05, 0) is 34.0 Å². The second kappa shape index (κ2) is 9.68. The van der Waals surface area contributed by atoms with Gasteiger partial charge >= 0.3 is 0 Å². The Morgan fingerprint density at radius 1 is 1.27 bits per heavy atom. The van der Waals surface area contributed by atoms with Gasteiger partial charge in [0, 0.05) is 31.2 Å². The van der Waals surface area contributed by atoms with Crippen molar-refractivity contribution in [1.82, 2.24) is 24.6 Å². The van der Waals surface area contributed by atoms with Crippen molar-refractivity contribution in [2.75, 3.05) is 32.9 Å². The van der Waals surface area contributed by atoms with E-state index in [0.29, 0.717) is 23.8 Å². The molecule has 1 aromatic carbocycles. The number of benzene rings is 1. The Balaban J connectivity index is 2.04. The van der Waals surface area contributed by atoms with E-state index in [4.69, 9.17) is 0 Å². The molecule has 0 bridgehead atoms. The molecule has 0 atom stereocenters. The molecule has 0 aliphatic carbocycles. The van der Waals surface area contributed by atoms with E-state index in [2.05, 4.69) is 10.2 Å². The van der Waals surface area contributed by atoms with E-state index in [-0.39, 0.29) is 30.1 Å². The Kier molecular flexibility index (Phi) is 7.59. The molecule has 0 saturated heterocycles. The zero-order valence-electron chi connectivity index (χ0n) is 15.7. The summed E-state index contributed by atoms with van der Waals surface area (Å²) in [5.41, 5.74) is 0.523. The molecule has 0 N–H and O–H groups in total. The smallest absolute Gasteiger partial charge is 0.233 e. The zero-order valence-corrected chi connectivity index (χ0v) is 16.5. The van der Waals surface area contributed by atoms with Gasteiger partial charge in [-0.15, -0.1) is 10.2 Å². The maximum Gasteiger partial charge on any atom is 0.233 e. The third-order valence-electron chi connectivity index (χ3n) is 3.91. The van der Waals surface area contributed by atoms with Crippen LogP contribution in [0.3, 0.4) is 0 Å². The summed E-state index contributed by atoms with van der Waals surface area (Å²) in [5, 5.41) is 8.71. The van der Waals surface area contributed by atoms with E-state index < -0.39 is 0 Å². The van der Waals surface area contributed by atoms with Crippen LogP contribution in [0.5, 0.6) is 0 Å². The minimum atomic E-state index is -0.289. The number of thioether (sulfide) groups is 1. The second-order valence-electron chi connectivity index (χ2n) is 6.61. The van der Waals surface area contributed by atoms with Gasteiger partial charge in [0.1, 0.15) is 12.1 Å². The lowest BCUT2D eigenvalue weighted by Gasteiger charge is -2.24. The van der Waals surface area contributed by atoms with E-state index >= 15 is 0 Å². The van der Waals surface area contributed by atoms with Crippen molar-refractivity contribution < 1.29 is 9.18 Å². The maximum absolute atomic E-state index is 14.0. The molecule has 1 heterocycles. The van der Waals surface area contributed by atoms with Crippen LogP contribution < -0.4 is 0 Å². The van der Waals surface area contributed by atoms with Gasteiger partial charge in [0.25, 0.3) is 0 Å². The number of aromatic nitrogens is 3. The number of carbonyl (C=O) groups excluding carboxylic acids is 1. The Bertz CT molecular complexity index is 719. The molecule has 0 aliphatic rings. The molecule has 8 heteroatoms. The normalized spacial score (nSPS) is 11.3. The van der Waals surface area contributed by atoms with Crippen molar-refractivity contribution in [1.29, 1.82) is 0 Å². The third kappa shape index (κ3) is 5.81. The fourth-order valence-corrected chi connectivity index (χ4v) is 3.30. The highest BCUT2D eigenvalue weighted by molar-refractivity contribution is 7.99. The molecular formula is C18H26FN5OS. The van der Waals surface area contributed by atoms with Gasteiger partial charge < -0.3 is 14.4 Å². The molecule has 0 aliphatic heterocycles. The Labute approximate surface area is 158 Å². The summed E-state index contributed by atoms with van der Waals surface area (Å²) in [6.07, 6.45) is 1.67. The average molecular weight is 380 g/mol. The molecule has 0 unspecified atom stereocenters. The van der Waals surface area contributed by atoms with Gasteiger partial charge in [-0.2, -0.15) is 0 Å². The Morgan fingerprint density at radius 2 is 2.00 bits per heavy atom. The van der Waals surface area contributed by atoms with Gasteiger partial charge in [0.05, 0.1) is 5.75 Å². The number of halogens is 1.